The van der Waals surface area contributed by atoms with E-state index in [4.69, 9.17) is 19.2 Å². The topological polar surface area (TPSA) is 114 Å². The first-order valence-corrected chi connectivity index (χ1v) is 10.5. The molecule has 0 saturated carbocycles. The molecule has 0 unspecified atom stereocenters. The minimum absolute atomic E-state index is 0.0310. The minimum atomic E-state index is -1.36. The van der Waals surface area contributed by atoms with Crippen molar-refractivity contribution in [2.24, 2.45) is 0 Å². The molecular weight excluding hydrogens is 389 g/mol. The van der Waals surface area contributed by atoms with Gasteiger partial charge in [0.05, 0.1) is 24.4 Å². The number of aliphatic hydroxyl groups excluding tert-OH is 2. The van der Waals surface area contributed by atoms with Crippen molar-refractivity contribution in [3.05, 3.63) is 12.4 Å². The van der Waals surface area contributed by atoms with Gasteiger partial charge in [-0.3, -0.25) is 4.79 Å². The van der Waals surface area contributed by atoms with Crippen LogP contribution in [0.15, 0.2) is 12.4 Å². The van der Waals surface area contributed by atoms with Gasteiger partial charge in [-0.25, -0.2) is 9.97 Å². The lowest BCUT2D eigenvalue weighted by Crippen LogP contribution is -2.49. The summed E-state index contributed by atoms with van der Waals surface area (Å²) in [5, 5.41) is 18.7. The number of ether oxygens (including phenoxy) is 1. The average Bonchev–Trinajstić information content (AvgIpc) is 2.95. The van der Waals surface area contributed by atoms with Crippen LogP contribution in [0.5, 0.6) is 6.01 Å². The number of likely N-dealkylation sites (tertiary alicyclic amines) is 1. The molecule has 1 aromatic heterocycles. The van der Waals surface area contributed by atoms with Crippen molar-refractivity contribution in [1.82, 2.24) is 14.9 Å². The molecule has 3 heterocycles. The van der Waals surface area contributed by atoms with E-state index in [9.17, 15) is 9.90 Å². The van der Waals surface area contributed by atoms with Crippen LogP contribution in [0.25, 0.3) is 0 Å². The monoisotopic (exact) mass is 421 g/mol. The highest BCUT2D eigenvalue weighted by Gasteiger charge is 2.52. The SMILES string of the molecule is CC1(C)OB(c2cnc(OCC[C@H]3CCCCN3C(=O)[C@H](O)CO)nc2)OC1(C)C. The van der Waals surface area contributed by atoms with Gasteiger partial charge in [0.1, 0.15) is 0 Å². The van der Waals surface area contributed by atoms with Crippen LogP contribution >= 0.6 is 0 Å². The number of hydrogen-bond acceptors (Lipinski definition) is 8. The fraction of sp³-hybridized carbons (Fsp3) is 0.750. The highest BCUT2D eigenvalue weighted by Crippen LogP contribution is 2.36. The number of carbonyl (C=O) groups is 1. The van der Waals surface area contributed by atoms with Gasteiger partial charge >= 0.3 is 13.1 Å². The molecule has 0 bridgehead atoms. The number of piperidine rings is 1. The smallest absolute Gasteiger partial charge is 0.463 e. The van der Waals surface area contributed by atoms with Crippen LogP contribution in [0.4, 0.5) is 0 Å². The van der Waals surface area contributed by atoms with Gasteiger partial charge in [0.2, 0.25) is 0 Å². The van der Waals surface area contributed by atoms with Crippen molar-refractivity contribution in [2.45, 2.75) is 76.7 Å². The van der Waals surface area contributed by atoms with Crippen LogP contribution in [0.3, 0.4) is 0 Å². The van der Waals surface area contributed by atoms with E-state index in [1.165, 1.54) is 0 Å². The van der Waals surface area contributed by atoms with E-state index in [2.05, 4.69) is 9.97 Å². The number of aliphatic hydroxyl groups is 2. The second kappa shape index (κ2) is 9.17. The summed E-state index contributed by atoms with van der Waals surface area (Å²) < 4.78 is 17.7. The molecular formula is C20H32BN3O6. The molecule has 2 saturated heterocycles. The molecule has 0 radical (unpaired) electrons. The van der Waals surface area contributed by atoms with Crippen LogP contribution in [-0.4, -0.2) is 81.2 Å². The summed E-state index contributed by atoms with van der Waals surface area (Å²) in [6.07, 6.45) is 5.27. The fourth-order valence-corrected chi connectivity index (χ4v) is 3.65. The standard InChI is InChI=1S/C20H32BN3O6/c1-19(2)20(3,4)30-21(29-19)14-11-22-18(23-12-14)28-10-8-15-7-5-6-9-24(15)17(27)16(26)13-25/h11-12,15-16,25-26H,5-10,13H2,1-4H3/t15-,16-/m1/s1. The summed E-state index contributed by atoms with van der Waals surface area (Å²) in [7, 11) is -0.524. The quantitative estimate of drug-likeness (QED) is 0.604. The predicted octanol–water partition coefficient (Wildman–Crippen LogP) is 0.279. The molecule has 0 aromatic carbocycles. The largest absolute Gasteiger partial charge is 0.498 e. The first-order valence-electron chi connectivity index (χ1n) is 10.5. The zero-order valence-corrected chi connectivity index (χ0v) is 18.2. The van der Waals surface area contributed by atoms with E-state index < -0.39 is 36.9 Å². The molecule has 10 heteroatoms. The molecule has 30 heavy (non-hydrogen) atoms. The number of hydrogen-bond donors (Lipinski definition) is 2. The van der Waals surface area contributed by atoms with Crippen LogP contribution in [0.1, 0.15) is 53.4 Å². The fourth-order valence-electron chi connectivity index (χ4n) is 3.65. The van der Waals surface area contributed by atoms with Crippen LogP contribution in [0.2, 0.25) is 0 Å². The first kappa shape index (κ1) is 22.9. The van der Waals surface area contributed by atoms with E-state index in [1.807, 2.05) is 27.7 Å². The van der Waals surface area contributed by atoms with E-state index in [1.54, 1.807) is 17.3 Å². The highest BCUT2D eigenvalue weighted by atomic mass is 16.7. The summed E-state index contributed by atoms with van der Waals surface area (Å²) in [4.78, 5) is 22.4. The second-order valence-electron chi connectivity index (χ2n) is 8.90. The van der Waals surface area contributed by atoms with Crippen molar-refractivity contribution in [2.75, 3.05) is 19.8 Å². The van der Waals surface area contributed by atoms with Crippen LogP contribution in [-0.2, 0) is 14.1 Å². The molecule has 2 aliphatic heterocycles. The maximum atomic E-state index is 12.3. The van der Waals surface area contributed by atoms with E-state index in [-0.39, 0.29) is 12.1 Å². The Labute approximate surface area is 177 Å². The third kappa shape index (κ3) is 4.93. The van der Waals surface area contributed by atoms with Gasteiger partial charge in [-0.2, -0.15) is 0 Å². The Balaban J connectivity index is 1.52. The number of aromatic nitrogens is 2. The molecule has 2 N–H and O–H groups in total. The van der Waals surface area contributed by atoms with Gasteiger partial charge < -0.3 is 29.2 Å². The maximum Gasteiger partial charge on any atom is 0.498 e. The summed E-state index contributed by atoms with van der Waals surface area (Å²) in [6, 6.07) is 0.218. The van der Waals surface area contributed by atoms with Crippen molar-refractivity contribution < 1.29 is 29.1 Å². The summed E-state index contributed by atoms with van der Waals surface area (Å²) in [6.45, 7) is 8.32. The Morgan fingerprint density at radius 2 is 1.90 bits per heavy atom. The van der Waals surface area contributed by atoms with Gasteiger partial charge in [0, 0.05) is 36.9 Å². The first-order chi connectivity index (χ1) is 14.1. The lowest BCUT2D eigenvalue weighted by Gasteiger charge is -2.36. The van der Waals surface area contributed by atoms with Crippen LogP contribution in [0, 0.1) is 0 Å². The average molecular weight is 421 g/mol. The van der Waals surface area contributed by atoms with Crippen molar-refractivity contribution in [3.63, 3.8) is 0 Å². The molecule has 2 fully saturated rings. The Kier molecular flexibility index (Phi) is 7.01. The zero-order valence-electron chi connectivity index (χ0n) is 18.2. The molecule has 0 spiro atoms. The molecule has 9 nitrogen and oxygen atoms in total. The number of carbonyl (C=O) groups excluding carboxylic acids is 1. The molecule has 2 atom stereocenters. The van der Waals surface area contributed by atoms with E-state index in [0.29, 0.717) is 19.6 Å². The Morgan fingerprint density at radius 1 is 1.27 bits per heavy atom. The molecule has 2 aliphatic rings. The van der Waals surface area contributed by atoms with Gasteiger partial charge in [-0.1, -0.05) is 0 Å². The van der Waals surface area contributed by atoms with Crippen molar-refractivity contribution >= 4 is 18.5 Å². The van der Waals surface area contributed by atoms with Gasteiger partial charge in [-0.05, 0) is 47.0 Å². The Morgan fingerprint density at radius 3 is 2.50 bits per heavy atom. The minimum Gasteiger partial charge on any atom is -0.463 e. The maximum absolute atomic E-state index is 12.3. The van der Waals surface area contributed by atoms with Crippen molar-refractivity contribution in [1.29, 1.82) is 0 Å². The lowest BCUT2D eigenvalue weighted by molar-refractivity contribution is -0.146. The molecule has 1 amide bonds. The highest BCUT2D eigenvalue weighted by molar-refractivity contribution is 6.61. The summed E-state index contributed by atoms with van der Waals surface area (Å²) >= 11 is 0. The lowest BCUT2D eigenvalue weighted by atomic mass is 9.81. The van der Waals surface area contributed by atoms with Crippen LogP contribution < -0.4 is 10.2 Å². The third-order valence-corrected chi connectivity index (χ3v) is 6.22. The Hall–Kier alpha value is -1.75. The van der Waals surface area contributed by atoms with Crippen molar-refractivity contribution in [3.8, 4) is 6.01 Å². The van der Waals surface area contributed by atoms with E-state index in [0.717, 1.165) is 24.7 Å². The molecule has 166 valence electrons. The van der Waals surface area contributed by atoms with E-state index >= 15 is 0 Å². The van der Waals surface area contributed by atoms with Gasteiger partial charge in [-0.15, -0.1) is 0 Å². The Bertz CT molecular complexity index is 714. The molecule has 3 rings (SSSR count). The molecule has 0 aliphatic carbocycles. The number of amides is 1. The number of nitrogens with zero attached hydrogens (tertiary/aromatic N) is 3. The summed E-state index contributed by atoms with van der Waals surface area (Å²) in [5.74, 6) is -0.426. The normalized spacial score (nSPS) is 24.0. The number of rotatable bonds is 7. The third-order valence-electron chi connectivity index (χ3n) is 6.22. The predicted molar refractivity (Wildman–Crippen MR) is 110 cm³/mol. The van der Waals surface area contributed by atoms with Gasteiger partial charge in [0.15, 0.2) is 6.10 Å². The summed E-state index contributed by atoms with van der Waals surface area (Å²) in [5.41, 5.74) is -0.137. The molecule has 1 aromatic rings. The van der Waals surface area contributed by atoms with Gasteiger partial charge in [0.25, 0.3) is 5.91 Å². The zero-order chi connectivity index (χ0) is 21.9. The second-order valence-corrected chi connectivity index (χ2v) is 8.90.